The summed E-state index contributed by atoms with van der Waals surface area (Å²) in [6.45, 7) is 0. The van der Waals surface area contributed by atoms with Gasteiger partial charge in [-0.05, 0) is 19.3 Å². The highest BCUT2D eigenvalue weighted by molar-refractivity contribution is 5.86. The maximum Gasteiger partial charge on any atom is 0.328 e. The fourth-order valence-corrected chi connectivity index (χ4v) is 1.46. The lowest BCUT2D eigenvalue weighted by molar-refractivity contribution is -0.142. The quantitative estimate of drug-likeness (QED) is 0.545. The van der Waals surface area contributed by atoms with Crippen molar-refractivity contribution in [3.05, 3.63) is 5.57 Å². The number of nitrogens with two attached hydrogens (primary N) is 1. The van der Waals surface area contributed by atoms with E-state index < -0.39 is 11.5 Å². The van der Waals surface area contributed by atoms with E-state index in [4.69, 9.17) is 10.8 Å². The average Bonchev–Trinajstić information content (AvgIpc) is 2.05. The molecule has 0 aromatic rings. The topological polar surface area (TPSA) is 80.4 Å². The molecular weight excluding hydrogens is 158 g/mol. The van der Waals surface area contributed by atoms with Crippen molar-refractivity contribution >= 4 is 11.9 Å². The van der Waals surface area contributed by atoms with Gasteiger partial charge in [0.25, 0.3) is 0 Å². The second-order valence-corrected chi connectivity index (χ2v) is 3.06. The predicted octanol–water partition coefficient (Wildman–Crippen LogP) is 0.100. The molecule has 0 amide bonds. The third-order valence-electron chi connectivity index (χ3n) is 2.29. The summed E-state index contributed by atoms with van der Waals surface area (Å²) in [5.41, 5.74) is 4.31. The van der Waals surface area contributed by atoms with E-state index >= 15 is 0 Å². The summed E-state index contributed by atoms with van der Waals surface area (Å²) >= 11 is 0. The smallest absolute Gasteiger partial charge is 0.328 e. The number of hydrogen-bond donors (Lipinski definition) is 2. The van der Waals surface area contributed by atoms with Crippen LogP contribution in [0.1, 0.15) is 25.7 Å². The molecule has 1 fully saturated rings. The fourth-order valence-electron chi connectivity index (χ4n) is 1.46. The minimum Gasteiger partial charge on any atom is -0.480 e. The molecule has 4 heteroatoms. The van der Waals surface area contributed by atoms with Crippen molar-refractivity contribution in [2.24, 2.45) is 5.73 Å². The van der Waals surface area contributed by atoms with Crippen molar-refractivity contribution in [1.82, 2.24) is 0 Å². The summed E-state index contributed by atoms with van der Waals surface area (Å²) < 4.78 is 0. The molecule has 0 spiro atoms. The molecule has 1 rings (SSSR count). The molecule has 0 saturated heterocycles. The normalized spacial score (nSPS) is 29.6. The van der Waals surface area contributed by atoms with Gasteiger partial charge in [-0.1, -0.05) is 6.42 Å². The maximum atomic E-state index is 10.7. The molecule has 0 radical (unpaired) electrons. The van der Waals surface area contributed by atoms with E-state index in [2.05, 4.69) is 0 Å². The predicted molar refractivity (Wildman–Crippen MR) is 42.2 cm³/mol. The number of aliphatic carboxylic acids is 1. The summed E-state index contributed by atoms with van der Waals surface area (Å²) in [5, 5.41) is 8.77. The van der Waals surface area contributed by atoms with Crippen LogP contribution in [-0.2, 0) is 9.59 Å². The van der Waals surface area contributed by atoms with Crippen LogP contribution in [0.25, 0.3) is 0 Å². The number of hydrogen-bond acceptors (Lipinski definition) is 3. The standard InChI is InChI=1S/C8H11NO3/c9-8(7(11)12)4-2-1-3-6(8)5-10/h1-4,9H2,(H,11,12). The Hall–Kier alpha value is -1.12. The first-order chi connectivity index (χ1) is 5.61. The van der Waals surface area contributed by atoms with Gasteiger partial charge in [0.2, 0.25) is 0 Å². The molecular formula is C8H11NO3. The van der Waals surface area contributed by atoms with Crippen LogP contribution < -0.4 is 5.73 Å². The summed E-state index contributed by atoms with van der Waals surface area (Å²) in [7, 11) is 0. The monoisotopic (exact) mass is 169 g/mol. The van der Waals surface area contributed by atoms with E-state index in [1.807, 2.05) is 0 Å². The molecule has 1 aliphatic carbocycles. The van der Waals surface area contributed by atoms with Crippen molar-refractivity contribution in [2.75, 3.05) is 0 Å². The first-order valence-electron chi connectivity index (χ1n) is 3.88. The van der Waals surface area contributed by atoms with Crippen LogP contribution in [0.3, 0.4) is 0 Å². The Labute approximate surface area is 70.1 Å². The van der Waals surface area contributed by atoms with E-state index in [0.717, 1.165) is 12.8 Å². The Morgan fingerprint density at radius 3 is 2.67 bits per heavy atom. The van der Waals surface area contributed by atoms with Crippen LogP contribution in [0.5, 0.6) is 0 Å². The van der Waals surface area contributed by atoms with Crippen LogP contribution in [-0.4, -0.2) is 22.6 Å². The van der Waals surface area contributed by atoms with Crippen molar-refractivity contribution < 1.29 is 14.7 Å². The lowest BCUT2D eigenvalue weighted by atomic mass is 9.79. The summed E-state index contributed by atoms with van der Waals surface area (Å²) in [4.78, 5) is 21.1. The zero-order valence-corrected chi connectivity index (χ0v) is 6.67. The highest BCUT2D eigenvalue weighted by atomic mass is 16.4. The SMILES string of the molecule is NC1(C(=O)O)CCCCC1=C=O. The summed E-state index contributed by atoms with van der Waals surface area (Å²) in [6.07, 6.45) is 2.39. The Morgan fingerprint density at radius 1 is 1.58 bits per heavy atom. The Morgan fingerprint density at radius 2 is 2.25 bits per heavy atom. The average molecular weight is 169 g/mol. The number of carbonyl (C=O) groups excluding carboxylic acids is 1. The molecule has 1 saturated carbocycles. The van der Waals surface area contributed by atoms with E-state index in [1.54, 1.807) is 5.94 Å². The molecule has 0 bridgehead atoms. The highest BCUT2D eigenvalue weighted by Gasteiger charge is 2.40. The van der Waals surface area contributed by atoms with Crippen LogP contribution in [0, 0.1) is 0 Å². The van der Waals surface area contributed by atoms with Crippen molar-refractivity contribution in [1.29, 1.82) is 0 Å². The van der Waals surface area contributed by atoms with Gasteiger partial charge in [0, 0.05) is 5.57 Å². The van der Waals surface area contributed by atoms with Crippen LogP contribution in [0.15, 0.2) is 5.57 Å². The maximum absolute atomic E-state index is 10.7. The van der Waals surface area contributed by atoms with Gasteiger partial charge in [0.05, 0.1) is 0 Å². The minimum atomic E-state index is -1.44. The van der Waals surface area contributed by atoms with Gasteiger partial charge >= 0.3 is 5.97 Å². The summed E-state index contributed by atoms with van der Waals surface area (Å²) in [5.74, 6) is 0.512. The van der Waals surface area contributed by atoms with Gasteiger partial charge in [0.1, 0.15) is 11.5 Å². The highest BCUT2D eigenvalue weighted by Crippen LogP contribution is 2.29. The van der Waals surface area contributed by atoms with E-state index in [-0.39, 0.29) is 5.57 Å². The second kappa shape index (κ2) is 3.09. The van der Waals surface area contributed by atoms with Crippen LogP contribution in [0.4, 0.5) is 0 Å². The molecule has 4 nitrogen and oxygen atoms in total. The van der Waals surface area contributed by atoms with Gasteiger partial charge < -0.3 is 10.8 Å². The Kier molecular flexibility index (Phi) is 2.31. The fraction of sp³-hybridized carbons (Fsp3) is 0.625. The number of carbonyl (C=O) groups is 1. The molecule has 0 aromatic carbocycles. The van der Waals surface area contributed by atoms with Gasteiger partial charge in [-0.3, -0.25) is 0 Å². The number of rotatable bonds is 1. The molecule has 1 aliphatic rings. The van der Waals surface area contributed by atoms with Gasteiger partial charge in [-0.25, -0.2) is 9.59 Å². The third kappa shape index (κ3) is 1.26. The molecule has 0 aromatic heterocycles. The largest absolute Gasteiger partial charge is 0.480 e. The van der Waals surface area contributed by atoms with E-state index in [9.17, 15) is 9.59 Å². The minimum absolute atomic E-state index is 0.196. The number of carboxylic acid groups (broad SMARTS) is 1. The molecule has 1 atom stereocenters. The van der Waals surface area contributed by atoms with E-state index in [0.29, 0.717) is 12.8 Å². The molecule has 66 valence electrons. The first kappa shape index (κ1) is 8.97. The summed E-state index contributed by atoms with van der Waals surface area (Å²) in [6, 6.07) is 0. The van der Waals surface area contributed by atoms with Crippen molar-refractivity contribution in [3.8, 4) is 0 Å². The molecule has 12 heavy (non-hydrogen) atoms. The number of carboxylic acids is 1. The lowest BCUT2D eigenvalue weighted by Gasteiger charge is -2.29. The van der Waals surface area contributed by atoms with Crippen molar-refractivity contribution in [2.45, 2.75) is 31.2 Å². The Balaban J connectivity index is 2.99. The molecule has 0 aliphatic heterocycles. The third-order valence-corrected chi connectivity index (χ3v) is 2.29. The first-order valence-corrected chi connectivity index (χ1v) is 3.88. The van der Waals surface area contributed by atoms with Gasteiger partial charge in [-0.2, -0.15) is 0 Å². The molecule has 3 N–H and O–H groups in total. The zero-order valence-electron chi connectivity index (χ0n) is 6.67. The van der Waals surface area contributed by atoms with Crippen molar-refractivity contribution in [3.63, 3.8) is 0 Å². The zero-order chi connectivity index (χ0) is 9.19. The Bertz CT molecular complexity index is 255. The molecule has 1 unspecified atom stereocenters. The van der Waals surface area contributed by atoms with Crippen LogP contribution >= 0.6 is 0 Å². The van der Waals surface area contributed by atoms with E-state index in [1.165, 1.54) is 0 Å². The molecule has 0 heterocycles. The lowest BCUT2D eigenvalue weighted by Crippen LogP contribution is -2.51. The van der Waals surface area contributed by atoms with Gasteiger partial charge in [0.15, 0.2) is 0 Å². The van der Waals surface area contributed by atoms with Crippen LogP contribution in [0.2, 0.25) is 0 Å². The van der Waals surface area contributed by atoms with Gasteiger partial charge in [-0.15, -0.1) is 0 Å². The second-order valence-electron chi connectivity index (χ2n) is 3.06.